The van der Waals surface area contributed by atoms with Crippen LogP contribution >= 0.6 is 0 Å². The first-order valence-corrected chi connectivity index (χ1v) is 8.55. The van der Waals surface area contributed by atoms with Crippen molar-refractivity contribution in [1.82, 2.24) is 0 Å². The second-order valence-electron chi connectivity index (χ2n) is 7.31. The van der Waals surface area contributed by atoms with Gasteiger partial charge in [0.1, 0.15) is 0 Å². The van der Waals surface area contributed by atoms with Gasteiger partial charge in [0.15, 0.2) is 0 Å². The highest BCUT2D eigenvalue weighted by molar-refractivity contribution is 4.97. The molecule has 1 nitrogen and oxygen atoms in total. The Labute approximate surface area is 118 Å². The van der Waals surface area contributed by atoms with Gasteiger partial charge in [0.2, 0.25) is 0 Å². The second-order valence-corrected chi connectivity index (χ2v) is 7.31. The van der Waals surface area contributed by atoms with Crippen molar-refractivity contribution in [3.8, 4) is 0 Å². The van der Waals surface area contributed by atoms with Crippen LogP contribution in [0.5, 0.6) is 0 Å². The Morgan fingerprint density at radius 3 is 2.21 bits per heavy atom. The van der Waals surface area contributed by atoms with E-state index in [0.29, 0.717) is 0 Å². The van der Waals surface area contributed by atoms with Crippen LogP contribution in [0.25, 0.3) is 0 Å². The molecular weight excluding hydrogens is 232 g/mol. The van der Waals surface area contributed by atoms with Crippen LogP contribution < -0.4 is 0 Å². The fourth-order valence-corrected chi connectivity index (χ4v) is 5.20. The average molecular weight is 262 g/mol. The van der Waals surface area contributed by atoms with Crippen molar-refractivity contribution in [2.24, 2.45) is 29.6 Å². The molecule has 0 aliphatic heterocycles. The third kappa shape index (κ3) is 3.24. The summed E-state index contributed by atoms with van der Waals surface area (Å²) in [6.07, 6.45) is 14.7. The van der Waals surface area contributed by atoms with Gasteiger partial charge in [-0.3, -0.25) is 0 Å². The lowest BCUT2D eigenvalue weighted by Crippen LogP contribution is -2.46. The van der Waals surface area contributed by atoms with Crippen molar-refractivity contribution in [1.29, 1.82) is 0 Å². The van der Waals surface area contributed by atoms with Gasteiger partial charge in [-0.15, -0.1) is 6.58 Å². The Morgan fingerprint density at radius 1 is 0.895 bits per heavy atom. The average Bonchev–Trinajstić information content (AvgIpc) is 2.39. The highest BCUT2D eigenvalue weighted by atomic mass is 16.5. The van der Waals surface area contributed by atoms with E-state index in [2.05, 4.69) is 6.58 Å². The summed E-state index contributed by atoms with van der Waals surface area (Å²) in [5.41, 5.74) is 0. The van der Waals surface area contributed by atoms with Crippen LogP contribution in [-0.2, 0) is 4.74 Å². The van der Waals surface area contributed by atoms with E-state index in [4.69, 9.17) is 4.74 Å². The first kappa shape index (κ1) is 13.7. The summed E-state index contributed by atoms with van der Waals surface area (Å²) >= 11 is 0. The first-order chi connectivity index (χ1) is 9.36. The minimum atomic E-state index is 0.918. The summed E-state index contributed by atoms with van der Waals surface area (Å²) in [7, 11) is 0. The summed E-state index contributed by atoms with van der Waals surface area (Å²) in [6.45, 7) is 5.82. The number of rotatable bonds is 8. The van der Waals surface area contributed by atoms with E-state index in [1.807, 2.05) is 6.08 Å². The Kier molecular flexibility index (Phi) is 4.63. The normalized spacial score (nSPS) is 39.7. The molecule has 0 N–H and O–H groups in total. The van der Waals surface area contributed by atoms with Crippen LogP contribution in [0.2, 0.25) is 0 Å². The molecule has 4 aliphatic rings. The Balaban J connectivity index is 1.33. The van der Waals surface area contributed by atoms with Gasteiger partial charge in [-0.05, 0) is 81.0 Å². The van der Waals surface area contributed by atoms with Crippen LogP contribution in [0.15, 0.2) is 12.7 Å². The van der Waals surface area contributed by atoms with Gasteiger partial charge in [-0.2, -0.15) is 0 Å². The summed E-state index contributed by atoms with van der Waals surface area (Å²) < 4.78 is 6.01. The van der Waals surface area contributed by atoms with Gasteiger partial charge in [0.05, 0.1) is 0 Å². The number of hydrogen-bond acceptors (Lipinski definition) is 1. The van der Waals surface area contributed by atoms with Crippen molar-refractivity contribution >= 4 is 0 Å². The van der Waals surface area contributed by atoms with Crippen LogP contribution in [0.3, 0.4) is 0 Å². The second kappa shape index (κ2) is 6.43. The number of unbranched alkanes of at least 4 members (excludes halogenated alkanes) is 3. The lowest BCUT2D eigenvalue weighted by Gasteiger charge is -2.54. The van der Waals surface area contributed by atoms with Crippen molar-refractivity contribution in [2.75, 3.05) is 13.2 Å². The molecule has 1 heteroatoms. The summed E-state index contributed by atoms with van der Waals surface area (Å²) in [4.78, 5) is 0. The van der Waals surface area contributed by atoms with Gasteiger partial charge in [-0.25, -0.2) is 0 Å². The molecule has 108 valence electrons. The molecule has 4 aliphatic carbocycles. The molecule has 4 saturated carbocycles. The topological polar surface area (TPSA) is 9.23 Å². The minimum Gasteiger partial charge on any atom is -0.381 e. The highest BCUT2D eigenvalue weighted by Crippen LogP contribution is 2.56. The Hall–Kier alpha value is -0.300. The maximum Gasteiger partial charge on any atom is 0.0499 e. The smallest absolute Gasteiger partial charge is 0.0499 e. The molecule has 0 radical (unpaired) electrons. The fourth-order valence-electron chi connectivity index (χ4n) is 5.20. The van der Waals surface area contributed by atoms with Gasteiger partial charge in [-0.1, -0.05) is 12.5 Å². The zero-order valence-corrected chi connectivity index (χ0v) is 12.4. The number of ether oxygens (including phenoxy) is 1. The van der Waals surface area contributed by atoms with Crippen LogP contribution in [0.1, 0.15) is 57.8 Å². The molecule has 0 amide bonds. The Morgan fingerprint density at radius 2 is 1.58 bits per heavy atom. The van der Waals surface area contributed by atoms with Gasteiger partial charge < -0.3 is 4.74 Å². The minimum absolute atomic E-state index is 0.918. The van der Waals surface area contributed by atoms with Gasteiger partial charge in [0, 0.05) is 13.2 Å². The van der Waals surface area contributed by atoms with E-state index in [9.17, 15) is 0 Å². The Bertz CT molecular complexity index is 268. The summed E-state index contributed by atoms with van der Waals surface area (Å²) in [6, 6.07) is 0. The van der Waals surface area contributed by atoms with Gasteiger partial charge in [0.25, 0.3) is 0 Å². The van der Waals surface area contributed by atoms with E-state index >= 15 is 0 Å². The molecule has 0 aromatic heterocycles. The lowest BCUT2D eigenvalue weighted by atomic mass is 9.52. The molecule has 0 unspecified atom stereocenters. The van der Waals surface area contributed by atoms with Crippen molar-refractivity contribution in [3.05, 3.63) is 12.7 Å². The standard InChI is InChI=1S/C18H30O/c1-2-3-4-5-6-7-19-13-18-16-9-14-8-15(11-16)12-17(18)10-14/h2,14-18H,1,3-13H2. The monoisotopic (exact) mass is 262 g/mol. The molecule has 0 saturated heterocycles. The number of hydrogen-bond donors (Lipinski definition) is 0. The van der Waals surface area contributed by atoms with Crippen molar-refractivity contribution < 1.29 is 4.74 Å². The van der Waals surface area contributed by atoms with Crippen LogP contribution in [0.4, 0.5) is 0 Å². The van der Waals surface area contributed by atoms with Gasteiger partial charge >= 0.3 is 0 Å². The summed E-state index contributed by atoms with van der Waals surface area (Å²) in [5.74, 6) is 5.16. The maximum absolute atomic E-state index is 6.01. The molecule has 0 atom stereocenters. The van der Waals surface area contributed by atoms with E-state index in [-0.39, 0.29) is 0 Å². The molecule has 0 aromatic rings. The third-order valence-electron chi connectivity index (χ3n) is 5.93. The molecule has 0 heterocycles. The first-order valence-electron chi connectivity index (χ1n) is 8.55. The predicted octanol–water partition coefficient (Wildman–Crippen LogP) is 4.82. The third-order valence-corrected chi connectivity index (χ3v) is 5.93. The van der Waals surface area contributed by atoms with E-state index in [1.165, 1.54) is 44.9 Å². The molecule has 0 spiro atoms. The molecule has 0 aromatic carbocycles. The predicted molar refractivity (Wildman–Crippen MR) is 80.0 cm³/mol. The van der Waals surface area contributed by atoms with Crippen LogP contribution in [0, 0.1) is 29.6 Å². The zero-order chi connectivity index (χ0) is 13.1. The SMILES string of the molecule is C=CCCCCCOCC1C2CC3CC(C2)CC1C3. The van der Waals surface area contributed by atoms with E-state index in [1.54, 1.807) is 6.42 Å². The fraction of sp³-hybridized carbons (Fsp3) is 0.889. The maximum atomic E-state index is 6.01. The lowest BCUT2D eigenvalue weighted by molar-refractivity contribution is -0.0717. The molecule has 4 bridgehead atoms. The largest absolute Gasteiger partial charge is 0.381 e. The highest BCUT2D eigenvalue weighted by Gasteiger charge is 2.47. The molecule has 4 rings (SSSR count). The quantitative estimate of drug-likeness (QED) is 0.450. The molecular formula is C18H30O. The summed E-state index contributed by atoms with van der Waals surface area (Å²) in [5, 5.41) is 0. The van der Waals surface area contributed by atoms with Crippen molar-refractivity contribution in [2.45, 2.75) is 57.8 Å². The number of allylic oxidation sites excluding steroid dienone is 1. The van der Waals surface area contributed by atoms with Crippen LogP contribution in [-0.4, -0.2) is 13.2 Å². The molecule has 4 fully saturated rings. The molecule has 19 heavy (non-hydrogen) atoms. The zero-order valence-electron chi connectivity index (χ0n) is 12.4. The van der Waals surface area contributed by atoms with E-state index in [0.717, 1.165) is 49.2 Å². The van der Waals surface area contributed by atoms with E-state index < -0.39 is 0 Å². The van der Waals surface area contributed by atoms with Crippen molar-refractivity contribution in [3.63, 3.8) is 0 Å².